The lowest BCUT2D eigenvalue weighted by Gasteiger charge is -2.17. The Hall–Kier alpha value is -4.42. The number of H-pyrrole nitrogens is 1. The summed E-state index contributed by atoms with van der Waals surface area (Å²) in [7, 11) is 0. The third-order valence-corrected chi connectivity index (χ3v) is 5.88. The summed E-state index contributed by atoms with van der Waals surface area (Å²) >= 11 is 0. The second-order valence-corrected chi connectivity index (χ2v) is 9.04. The predicted octanol–water partition coefficient (Wildman–Crippen LogP) is 4.04. The van der Waals surface area contributed by atoms with E-state index in [-0.39, 0.29) is 0 Å². The number of aliphatic hydroxyl groups is 1. The molecule has 35 heavy (non-hydrogen) atoms. The van der Waals surface area contributed by atoms with Gasteiger partial charge in [-0.1, -0.05) is 23.4 Å². The highest BCUT2D eigenvalue weighted by atomic mass is 16.3. The summed E-state index contributed by atoms with van der Waals surface area (Å²) in [5.74, 6) is 0.744. The van der Waals surface area contributed by atoms with E-state index in [1.165, 1.54) is 0 Å². The first-order valence-electron chi connectivity index (χ1n) is 11.2. The molecule has 0 aliphatic heterocycles. The molecular weight excluding hydrogens is 440 g/mol. The highest BCUT2D eigenvalue weighted by Gasteiger charge is 2.19. The van der Waals surface area contributed by atoms with Crippen LogP contribution in [0, 0.1) is 25.2 Å². The van der Waals surface area contributed by atoms with Crippen molar-refractivity contribution >= 4 is 11.2 Å². The van der Waals surface area contributed by atoms with Crippen LogP contribution in [0.2, 0.25) is 0 Å². The van der Waals surface area contributed by atoms with Gasteiger partial charge in [0.15, 0.2) is 5.65 Å². The zero-order valence-corrected chi connectivity index (χ0v) is 19.9. The highest BCUT2D eigenvalue weighted by molar-refractivity contribution is 5.91. The number of hydrogen-bond acceptors (Lipinski definition) is 7. The molecule has 9 nitrogen and oxygen atoms in total. The Morgan fingerprint density at radius 3 is 2.60 bits per heavy atom. The van der Waals surface area contributed by atoms with Gasteiger partial charge < -0.3 is 10.1 Å². The quantitative estimate of drug-likeness (QED) is 0.401. The third kappa shape index (κ3) is 4.27. The van der Waals surface area contributed by atoms with E-state index in [2.05, 4.69) is 31.3 Å². The van der Waals surface area contributed by atoms with Crippen molar-refractivity contribution in [3.8, 4) is 28.6 Å². The zero-order chi connectivity index (χ0) is 24.7. The Labute approximate surface area is 202 Å². The molecule has 0 fully saturated rings. The van der Waals surface area contributed by atoms with Gasteiger partial charge in [0.1, 0.15) is 17.1 Å². The number of aryl methyl sites for hydroxylation is 1. The molecule has 9 heteroatoms. The molecule has 0 bridgehead atoms. The normalized spacial score (nSPS) is 11.7. The number of imidazole rings is 1. The van der Waals surface area contributed by atoms with Crippen LogP contribution in [-0.2, 0) is 12.1 Å². The van der Waals surface area contributed by atoms with Crippen LogP contribution in [0.25, 0.3) is 33.7 Å². The van der Waals surface area contributed by atoms with E-state index in [0.717, 1.165) is 33.7 Å². The Balaban J connectivity index is 1.57. The summed E-state index contributed by atoms with van der Waals surface area (Å²) in [5, 5.41) is 28.5. The van der Waals surface area contributed by atoms with Gasteiger partial charge in [0.05, 0.1) is 47.0 Å². The van der Waals surface area contributed by atoms with Crippen molar-refractivity contribution in [2.24, 2.45) is 0 Å². The Kier molecular flexibility index (Phi) is 5.38. The fourth-order valence-electron chi connectivity index (χ4n) is 4.05. The van der Waals surface area contributed by atoms with E-state index < -0.39 is 5.60 Å². The molecular formula is C26H24N8O. The predicted molar refractivity (Wildman–Crippen MR) is 131 cm³/mol. The van der Waals surface area contributed by atoms with Gasteiger partial charge in [-0.15, -0.1) is 5.10 Å². The van der Waals surface area contributed by atoms with Gasteiger partial charge in [-0.2, -0.15) is 5.26 Å². The molecule has 2 N–H and O–H groups in total. The minimum Gasteiger partial charge on any atom is -0.384 e. The largest absolute Gasteiger partial charge is 0.384 e. The van der Waals surface area contributed by atoms with E-state index in [1.807, 2.05) is 50.4 Å². The van der Waals surface area contributed by atoms with Gasteiger partial charge in [-0.05, 0) is 57.5 Å². The van der Waals surface area contributed by atoms with E-state index in [4.69, 9.17) is 4.98 Å². The minimum absolute atomic E-state index is 0.406. The number of nitrogens with one attached hydrogen (secondary N) is 1. The molecule has 4 heterocycles. The SMILES string of the molecule is Cc1nc2nc(-c3cccc(C#N)c3C)cc(-c3cn(Cc4cccc(C(C)(C)O)n4)nn3)c2[nH]1. The second-order valence-electron chi connectivity index (χ2n) is 9.04. The number of fused-ring (bicyclic) bond motifs is 1. The van der Waals surface area contributed by atoms with Crippen molar-refractivity contribution in [3.63, 3.8) is 0 Å². The van der Waals surface area contributed by atoms with Crippen LogP contribution in [-0.4, -0.2) is 40.0 Å². The van der Waals surface area contributed by atoms with Crippen LogP contribution in [0.3, 0.4) is 0 Å². The Bertz CT molecular complexity index is 1600. The summed E-state index contributed by atoms with van der Waals surface area (Å²) in [6.07, 6.45) is 1.85. The number of pyridine rings is 2. The zero-order valence-electron chi connectivity index (χ0n) is 19.9. The standard InChI is InChI=1S/C26H24N8O/c1-15-17(12-27)7-5-9-19(15)21-11-20(24-25(31-21)29-16(2)28-24)22-14-34(33-32-22)13-18-8-6-10-23(30-18)26(3,4)35/h5-11,14,35H,13H2,1-4H3,(H,28,29,31). The molecule has 5 rings (SSSR count). The molecule has 0 aliphatic carbocycles. The molecule has 5 aromatic rings. The van der Waals surface area contributed by atoms with Crippen LogP contribution in [0.5, 0.6) is 0 Å². The molecule has 0 saturated heterocycles. The van der Waals surface area contributed by atoms with Gasteiger partial charge >= 0.3 is 0 Å². The second kappa shape index (κ2) is 8.42. The molecule has 4 aromatic heterocycles. The monoisotopic (exact) mass is 464 g/mol. The summed E-state index contributed by atoms with van der Waals surface area (Å²) in [6, 6.07) is 15.3. The van der Waals surface area contributed by atoms with Gasteiger partial charge in [0.2, 0.25) is 0 Å². The maximum Gasteiger partial charge on any atom is 0.178 e. The van der Waals surface area contributed by atoms with Gasteiger partial charge in [-0.25, -0.2) is 14.6 Å². The molecule has 1 aromatic carbocycles. The number of nitrogens with zero attached hydrogens (tertiary/aromatic N) is 7. The molecule has 0 radical (unpaired) electrons. The summed E-state index contributed by atoms with van der Waals surface area (Å²) in [6.45, 7) is 7.62. The minimum atomic E-state index is -1.03. The van der Waals surface area contributed by atoms with Gasteiger partial charge in [0, 0.05) is 11.1 Å². The highest BCUT2D eigenvalue weighted by Crippen LogP contribution is 2.32. The molecule has 0 amide bonds. The fourth-order valence-corrected chi connectivity index (χ4v) is 4.05. The maximum absolute atomic E-state index is 10.3. The van der Waals surface area contributed by atoms with Crippen LogP contribution in [0.4, 0.5) is 0 Å². The van der Waals surface area contributed by atoms with Crippen LogP contribution in [0.1, 0.15) is 42.2 Å². The lowest BCUT2D eigenvalue weighted by molar-refractivity contribution is 0.0736. The Morgan fingerprint density at radius 1 is 1.03 bits per heavy atom. The topological polar surface area (TPSA) is 129 Å². The summed E-state index contributed by atoms with van der Waals surface area (Å²) in [4.78, 5) is 17.1. The number of benzene rings is 1. The summed E-state index contributed by atoms with van der Waals surface area (Å²) in [5.41, 5.74) is 6.21. The van der Waals surface area contributed by atoms with Crippen molar-refractivity contribution in [2.45, 2.75) is 39.8 Å². The smallest absolute Gasteiger partial charge is 0.178 e. The Morgan fingerprint density at radius 2 is 1.83 bits per heavy atom. The van der Waals surface area contributed by atoms with Crippen molar-refractivity contribution in [2.75, 3.05) is 0 Å². The molecule has 0 unspecified atom stereocenters. The molecule has 0 saturated carbocycles. The van der Waals surface area contributed by atoms with Crippen molar-refractivity contribution in [1.82, 2.24) is 34.9 Å². The van der Waals surface area contributed by atoms with Crippen LogP contribution >= 0.6 is 0 Å². The number of aromatic amines is 1. The van der Waals surface area contributed by atoms with Crippen LogP contribution < -0.4 is 0 Å². The lowest BCUT2D eigenvalue weighted by atomic mass is 9.99. The maximum atomic E-state index is 10.3. The van der Waals surface area contributed by atoms with Crippen molar-refractivity contribution in [3.05, 3.63) is 77.0 Å². The number of rotatable bonds is 5. The number of hydrogen-bond donors (Lipinski definition) is 2. The van der Waals surface area contributed by atoms with Crippen molar-refractivity contribution in [1.29, 1.82) is 5.26 Å². The van der Waals surface area contributed by atoms with Crippen LogP contribution in [0.15, 0.2) is 48.7 Å². The molecule has 0 spiro atoms. The molecule has 0 atom stereocenters. The molecule has 0 aliphatic rings. The van der Waals surface area contributed by atoms with E-state index in [1.54, 1.807) is 30.7 Å². The van der Waals surface area contributed by atoms with Gasteiger partial charge in [-0.3, -0.25) is 4.98 Å². The first-order valence-corrected chi connectivity index (χ1v) is 11.2. The van der Waals surface area contributed by atoms with E-state index in [0.29, 0.717) is 34.8 Å². The summed E-state index contributed by atoms with van der Waals surface area (Å²) < 4.78 is 1.71. The number of nitriles is 1. The fraction of sp³-hybridized carbons (Fsp3) is 0.231. The average Bonchev–Trinajstić information content (AvgIpc) is 3.43. The third-order valence-electron chi connectivity index (χ3n) is 5.88. The lowest BCUT2D eigenvalue weighted by Crippen LogP contribution is -2.18. The van der Waals surface area contributed by atoms with E-state index >= 15 is 0 Å². The molecule has 174 valence electrons. The van der Waals surface area contributed by atoms with Gasteiger partial charge in [0.25, 0.3) is 0 Å². The number of aromatic nitrogens is 7. The first kappa shape index (κ1) is 22.4. The van der Waals surface area contributed by atoms with Crippen molar-refractivity contribution < 1.29 is 5.11 Å². The first-order chi connectivity index (χ1) is 16.7. The van der Waals surface area contributed by atoms with E-state index in [9.17, 15) is 10.4 Å². The average molecular weight is 465 g/mol.